The maximum Gasteiger partial charge on any atom is 0.354 e. The summed E-state index contributed by atoms with van der Waals surface area (Å²) in [5.41, 5.74) is -0.00700. The summed E-state index contributed by atoms with van der Waals surface area (Å²) in [4.78, 5) is 19.5. The Balaban J connectivity index is 2.14. The number of hydrogen-bond donors (Lipinski definition) is 2. The zero-order valence-corrected chi connectivity index (χ0v) is 11.3. The van der Waals surface area contributed by atoms with Crippen LogP contribution in [0.1, 0.15) is 16.3 Å². The molecule has 0 fully saturated rings. The number of anilines is 2. The van der Waals surface area contributed by atoms with Gasteiger partial charge in [0.25, 0.3) is 0 Å². The summed E-state index contributed by atoms with van der Waals surface area (Å²) < 4.78 is 4.07. The lowest BCUT2D eigenvalue weighted by molar-refractivity contribution is 0.0691. The highest BCUT2D eigenvalue weighted by atomic mass is 32.1. The first kappa shape index (κ1) is 12.5. The first-order chi connectivity index (χ1) is 9.63. The topological polar surface area (TPSA) is 88.0 Å². The molecule has 0 aliphatic heterocycles. The van der Waals surface area contributed by atoms with Crippen molar-refractivity contribution in [1.82, 2.24) is 14.3 Å². The molecule has 0 bridgehead atoms. The van der Waals surface area contributed by atoms with Crippen molar-refractivity contribution in [3.05, 3.63) is 41.9 Å². The molecule has 1 aromatic carbocycles. The highest BCUT2D eigenvalue weighted by molar-refractivity contribution is 7.09. The van der Waals surface area contributed by atoms with Crippen LogP contribution in [0.15, 0.2) is 30.3 Å². The number of nitrogens with one attached hydrogen (secondary N) is 1. The zero-order valence-electron chi connectivity index (χ0n) is 10.5. The SMILES string of the molecule is Cc1nsc(Nc2nc(C(=O)O)cc3ccccc23)n1. The van der Waals surface area contributed by atoms with Crippen LogP contribution < -0.4 is 5.32 Å². The third-order valence-corrected chi connectivity index (χ3v) is 3.43. The number of carboxylic acids is 1. The van der Waals surface area contributed by atoms with Crippen LogP contribution in [-0.2, 0) is 0 Å². The van der Waals surface area contributed by atoms with Crippen LogP contribution in [0.3, 0.4) is 0 Å². The largest absolute Gasteiger partial charge is 0.477 e. The van der Waals surface area contributed by atoms with Gasteiger partial charge in [-0.05, 0) is 18.4 Å². The van der Waals surface area contributed by atoms with E-state index in [2.05, 4.69) is 19.7 Å². The molecular weight excluding hydrogens is 276 g/mol. The summed E-state index contributed by atoms with van der Waals surface area (Å²) in [5.74, 6) is 0.0695. The van der Waals surface area contributed by atoms with Crippen LogP contribution in [0.2, 0.25) is 0 Å². The third kappa shape index (κ3) is 2.30. The third-order valence-electron chi connectivity index (χ3n) is 2.71. The summed E-state index contributed by atoms with van der Waals surface area (Å²) in [7, 11) is 0. The highest BCUT2D eigenvalue weighted by Gasteiger charge is 2.12. The number of carbonyl (C=O) groups is 1. The van der Waals surface area contributed by atoms with Gasteiger partial charge < -0.3 is 10.4 Å². The second-order valence-electron chi connectivity index (χ2n) is 4.15. The predicted octanol–water partition coefficient (Wildman–Crippen LogP) is 2.84. The number of aromatic carboxylic acids is 1. The van der Waals surface area contributed by atoms with Gasteiger partial charge >= 0.3 is 5.97 Å². The molecule has 20 heavy (non-hydrogen) atoms. The molecule has 0 atom stereocenters. The lowest BCUT2D eigenvalue weighted by atomic mass is 10.1. The van der Waals surface area contributed by atoms with E-state index in [1.165, 1.54) is 11.5 Å². The number of benzene rings is 1. The van der Waals surface area contributed by atoms with Crippen molar-refractivity contribution in [2.75, 3.05) is 5.32 Å². The lowest BCUT2D eigenvalue weighted by Crippen LogP contribution is -2.04. The fraction of sp³-hybridized carbons (Fsp3) is 0.0769. The Morgan fingerprint density at radius 2 is 2.10 bits per heavy atom. The molecule has 0 saturated heterocycles. The van der Waals surface area contributed by atoms with Crippen LogP contribution in [0, 0.1) is 6.92 Å². The monoisotopic (exact) mass is 286 g/mol. The van der Waals surface area contributed by atoms with Gasteiger partial charge in [-0.2, -0.15) is 4.37 Å². The average Bonchev–Trinajstić information content (AvgIpc) is 2.84. The number of fused-ring (bicyclic) bond motifs is 1. The molecule has 0 unspecified atom stereocenters. The second-order valence-corrected chi connectivity index (χ2v) is 4.91. The number of rotatable bonds is 3. The number of aromatic nitrogens is 3. The smallest absolute Gasteiger partial charge is 0.354 e. The van der Waals surface area contributed by atoms with Gasteiger partial charge in [-0.3, -0.25) is 0 Å². The van der Waals surface area contributed by atoms with Gasteiger partial charge in [-0.1, -0.05) is 24.3 Å². The standard InChI is InChI=1S/C13H10N4O2S/c1-7-14-13(20-17-7)16-11-9-5-3-2-4-8(9)6-10(15-11)12(18)19/h2-6H,1H3,(H,18,19)(H,14,15,16,17). The van der Waals surface area contributed by atoms with Crippen molar-refractivity contribution in [3.63, 3.8) is 0 Å². The average molecular weight is 286 g/mol. The first-order valence-electron chi connectivity index (χ1n) is 5.84. The van der Waals surface area contributed by atoms with E-state index >= 15 is 0 Å². The van der Waals surface area contributed by atoms with Crippen molar-refractivity contribution in [2.24, 2.45) is 0 Å². The van der Waals surface area contributed by atoms with E-state index < -0.39 is 5.97 Å². The van der Waals surface area contributed by atoms with Crippen molar-refractivity contribution < 1.29 is 9.90 Å². The normalized spacial score (nSPS) is 10.7. The van der Waals surface area contributed by atoms with Gasteiger partial charge in [0, 0.05) is 16.9 Å². The van der Waals surface area contributed by atoms with Gasteiger partial charge in [0.1, 0.15) is 11.6 Å². The minimum atomic E-state index is -1.06. The number of nitrogens with zero attached hydrogens (tertiary/aromatic N) is 3. The fourth-order valence-corrected chi connectivity index (χ4v) is 2.43. The van der Waals surface area contributed by atoms with Crippen LogP contribution in [0.5, 0.6) is 0 Å². The molecule has 0 aliphatic rings. The van der Waals surface area contributed by atoms with Gasteiger partial charge in [-0.25, -0.2) is 14.8 Å². The molecule has 0 spiro atoms. The maximum atomic E-state index is 11.1. The van der Waals surface area contributed by atoms with E-state index in [1.807, 2.05) is 24.3 Å². The summed E-state index contributed by atoms with van der Waals surface area (Å²) in [6.07, 6.45) is 0. The highest BCUT2D eigenvalue weighted by Crippen LogP contribution is 2.26. The van der Waals surface area contributed by atoms with Crippen molar-refractivity contribution in [1.29, 1.82) is 0 Å². The minimum Gasteiger partial charge on any atom is -0.477 e. The Morgan fingerprint density at radius 3 is 2.80 bits per heavy atom. The van der Waals surface area contributed by atoms with Gasteiger partial charge in [0.05, 0.1) is 0 Å². The molecule has 0 radical (unpaired) electrons. The quantitative estimate of drug-likeness (QED) is 0.769. The molecule has 2 heterocycles. The van der Waals surface area contributed by atoms with Crippen molar-refractivity contribution in [3.8, 4) is 0 Å². The van der Waals surface area contributed by atoms with E-state index in [9.17, 15) is 4.79 Å². The number of carboxylic acid groups (broad SMARTS) is 1. The van der Waals surface area contributed by atoms with Gasteiger partial charge in [-0.15, -0.1) is 0 Å². The first-order valence-corrected chi connectivity index (χ1v) is 6.61. The summed E-state index contributed by atoms with van der Waals surface area (Å²) in [5, 5.41) is 14.4. The second kappa shape index (κ2) is 4.86. The summed E-state index contributed by atoms with van der Waals surface area (Å²) >= 11 is 1.21. The number of pyridine rings is 1. The molecule has 0 amide bonds. The summed E-state index contributed by atoms with van der Waals surface area (Å²) in [6.45, 7) is 1.79. The van der Waals surface area contributed by atoms with E-state index in [0.29, 0.717) is 16.8 Å². The molecule has 3 rings (SSSR count). The van der Waals surface area contributed by atoms with Crippen molar-refractivity contribution in [2.45, 2.75) is 6.92 Å². The van der Waals surface area contributed by atoms with Crippen LogP contribution >= 0.6 is 11.5 Å². The van der Waals surface area contributed by atoms with Crippen LogP contribution in [-0.4, -0.2) is 25.4 Å². The van der Waals surface area contributed by atoms with E-state index in [1.54, 1.807) is 13.0 Å². The van der Waals surface area contributed by atoms with Gasteiger partial charge in [0.15, 0.2) is 5.69 Å². The zero-order chi connectivity index (χ0) is 14.1. The Kier molecular flexibility index (Phi) is 3.03. The van der Waals surface area contributed by atoms with Gasteiger partial charge in [0.2, 0.25) is 5.13 Å². The molecule has 100 valence electrons. The van der Waals surface area contributed by atoms with E-state index in [0.717, 1.165) is 10.8 Å². The Bertz CT molecular complexity index is 800. The molecule has 0 saturated carbocycles. The van der Waals surface area contributed by atoms with Crippen LogP contribution in [0.4, 0.5) is 10.9 Å². The summed E-state index contributed by atoms with van der Waals surface area (Å²) in [6, 6.07) is 9.01. The molecule has 7 heteroatoms. The molecule has 2 aromatic heterocycles. The lowest BCUT2D eigenvalue weighted by Gasteiger charge is -2.07. The van der Waals surface area contributed by atoms with E-state index in [4.69, 9.17) is 5.11 Å². The molecule has 2 N–H and O–H groups in total. The molecule has 3 aromatic rings. The van der Waals surface area contributed by atoms with Crippen LogP contribution in [0.25, 0.3) is 10.8 Å². The minimum absolute atomic E-state index is 0.00700. The Labute approximate surface area is 118 Å². The van der Waals surface area contributed by atoms with E-state index in [-0.39, 0.29) is 5.69 Å². The number of hydrogen-bond acceptors (Lipinski definition) is 6. The maximum absolute atomic E-state index is 11.1. The van der Waals surface area contributed by atoms with Crippen molar-refractivity contribution >= 4 is 39.2 Å². The fourth-order valence-electron chi connectivity index (χ4n) is 1.85. The molecular formula is C13H10N4O2S. The molecule has 0 aliphatic carbocycles. The predicted molar refractivity (Wildman–Crippen MR) is 76.6 cm³/mol. The number of aryl methyl sites for hydroxylation is 1. The molecule has 6 nitrogen and oxygen atoms in total. The Hall–Kier alpha value is -2.54. The Morgan fingerprint density at radius 1 is 1.30 bits per heavy atom.